The molecule has 0 radical (unpaired) electrons. The summed E-state index contributed by atoms with van der Waals surface area (Å²) >= 11 is 0. The van der Waals surface area contributed by atoms with Gasteiger partial charge < -0.3 is 4.42 Å². The summed E-state index contributed by atoms with van der Waals surface area (Å²) in [5.41, 5.74) is 2.00. The zero-order valence-electron chi connectivity index (χ0n) is 9.63. The first-order chi connectivity index (χ1) is 8.33. The monoisotopic (exact) mass is 227 g/mol. The van der Waals surface area contributed by atoms with Crippen molar-refractivity contribution >= 4 is 5.65 Å². The van der Waals surface area contributed by atoms with E-state index in [2.05, 4.69) is 10.1 Å². The normalized spacial score (nSPS) is 11.1. The van der Waals surface area contributed by atoms with Crippen LogP contribution in [-0.4, -0.2) is 14.6 Å². The predicted octanol–water partition coefficient (Wildman–Crippen LogP) is 2.42. The summed E-state index contributed by atoms with van der Waals surface area (Å²) in [5.74, 6) is 1.83. The predicted molar refractivity (Wildman–Crippen MR) is 63.8 cm³/mol. The summed E-state index contributed by atoms with van der Waals surface area (Å²) in [6, 6.07) is 9.86. The Balaban J connectivity index is 1.84. The third kappa shape index (κ3) is 1.93. The van der Waals surface area contributed by atoms with E-state index in [4.69, 9.17) is 4.42 Å². The molecule has 0 saturated heterocycles. The molecule has 0 aliphatic heterocycles. The smallest absolute Gasteiger partial charge is 0.155 e. The van der Waals surface area contributed by atoms with Crippen molar-refractivity contribution < 1.29 is 4.42 Å². The third-order valence-electron chi connectivity index (χ3n) is 2.77. The van der Waals surface area contributed by atoms with Gasteiger partial charge in [-0.1, -0.05) is 6.07 Å². The highest BCUT2D eigenvalue weighted by atomic mass is 16.3. The summed E-state index contributed by atoms with van der Waals surface area (Å²) in [6.45, 7) is 2.03. The molecule has 0 aromatic carbocycles. The van der Waals surface area contributed by atoms with E-state index in [-0.39, 0.29) is 0 Å². The second kappa shape index (κ2) is 4.05. The van der Waals surface area contributed by atoms with Crippen LogP contribution in [0.2, 0.25) is 0 Å². The fourth-order valence-corrected chi connectivity index (χ4v) is 1.88. The maximum absolute atomic E-state index is 5.29. The van der Waals surface area contributed by atoms with Crippen molar-refractivity contribution in [2.75, 3.05) is 0 Å². The topological polar surface area (TPSA) is 43.3 Å². The summed E-state index contributed by atoms with van der Waals surface area (Å²) in [6.07, 6.45) is 3.33. The highest BCUT2D eigenvalue weighted by Crippen LogP contribution is 2.08. The molecule has 3 rings (SSSR count). The molecule has 17 heavy (non-hydrogen) atoms. The Hall–Kier alpha value is -2.10. The average Bonchev–Trinajstić information content (AvgIpc) is 2.95. The minimum Gasteiger partial charge on any atom is -0.469 e. The van der Waals surface area contributed by atoms with Crippen LogP contribution in [-0.2, 0) is 12.8 Å². The molecule has 0 unspecified atom stereocenters. The SMILES string of the molecule is Cc1cccc2nc(CCc3ccco3)nn12. The van der Waals surface area contributed by atoms with Gasteiger partial charge in [0.1, 0.15) is 5.76 Å². The minimum absolute atomic E-state index is 0.800. The van der Waals surface area contributed by atoms with Crippen LogP contribution in [0.4, 0.5) is 0 Å². The first-order valence-electron chi connectivity index (χ1n) is 5.66. The van der Waals surface area contributed by atoms with Crippen molar-refractivity contribution in [1.29, 1.82) is 0 Å². The fraction of sp³-hybridized carbons (Fsp3) is 0.231. The summed E-state index contributed by atoms with van der Waals surface area (Å²) < 4.78 is 7.16. The van der Waals surface area contributed by atoms with E-state index in [1.807, 2.05) is 41.8 Å². The molecule has 3 aromatic rings. The number of rotatable bonds is 3. The molecular formula is C13H13N3O. The molecule has 3 heterocycles. The maximum Gasteiger partial charge on any atom is 0.155 e. The molecule has 0 N–H and O–H groups in total. The van der Waals surface area contributed by atoms with Crippen molar-refractivity contribution in [2.45, 2.75) is 19.8 Å². The van der Waals surface area contributed by atoms with Crippen LogP contribution in [0.15, 0.2) is 41.0 Å². The lowest BCUT2D eigenvalue weighted by atomic mass is 10.2. The molecule has 0 atom stereocenters. The van der Waals surface area contributed by atoms with Gasteiger partial charge in [-0.15, -0.1) is 0 Å². The molecule has 86 valence electrons. The number of nitrogens with zero attached hydrogens (tertiary/aromatic N) is 3. The number of aromatic nitrogens is 3. The van der Waals surface area contributed by atoms with Crippen LogP contribution in [0.3, 0.4) is 0 Å². The Morgan fingerprint density at radius 3 is 2.88 bits per heavy atom. The number of fused-ring (bicyclic) bond motifs is 1. The van der Waals surface area contributed by atoms with Crippen LogP contribution < -0.4 is 0 Å². The Bertz CT molecular complexity index is 625. The van der Waals surface area contributed by atoms with Crippen LogP contribution in [0.5, 0.6) is 0 Å². The quantitative estimate of drug-likeness (QED) is 0.690. The highest BCUT2D eigenvalue weighted by Gasteiger charge is 2.05. The molecule has 0 spiro atoms. The highest BCUT2D eigenvalue weighted by molar-refractivity contribution is 5.38. The van der Waals surface area contributed by atoms with Crippen LogP contribution in [0.25, 0.3) is 5.65 Å². The van der Waals surface area contributed by atoms with E-state index < -0.39 is 0 Å². The minimum atomic E-state index is 0.800. The van der Waals surface area contributed by atoms with Crippen molar-refractivity contribution in [3.05, 3.63) is 53.9 Å². The number of pyridine rings is 1. The molecule has 0 amide bonds. The first kappa shape index (κ1) is 10.1. The molecule has 0 saturated carbocycles. The molecule has 0 aliphatic rings. The summed E-state index contributed by atoms with van der Waals surface area (Å²) in [5, 5.41) is 4.48. The molecule has 3 aromatic heterocycles. The largest absolute Gasteiger partial charge is 0.469 e. The van der Waals surface area contributed by atoms with Gasteiger partial charge in [0.25, 0.3) is 0 Å². The van der Waals surface area contributed by atoms with Crippen LogP contribution in [0.1, 0.15) is 17.3 Å². The lowest BCUT2D eigenvalue weighted by Crippen LogP contribution is -1.95. The van der Waals surface area contributed by atoms with Gasteiger partial charge in [-0.05, 0) is 31.2 Å². The summed E-state index contributed by atoms with van der Waals surface area (Å²) in [4.78, 5) is 4.48. The van der Waals surface area contributed by atoms with Crippen LogP contribution in [0, 0.1) is 6.92 Å². The van der Waals surface area contributed by atoms with Gasteiger partial charge in [-0.2, -0.15) is 5.10 Å². The van der Waals surface area contributed by atoms with Gasteiger partial charge in [0.15, 0.2) is 11.5 Å². The number of aryl methyl sites for hydroxylation is 3. The molecule has 0 aliphatic carbocycles. The first-order valence-corrected chi connectivity index (χ1v) is 5.66. The maximum atomic E-state index is 5.29. The van der Waals surface area contributed by atoms with E-state index in [1.165, 1.54) is 0 Å². The van der Waals surface area contributed by atoms with Gasteiger partial charge in [-0.3, -0.25) is 0 Å². The molecular weight excluding hydrogens is 214 g/mol. The Labute approximate surface area is 98.9 Å². The molecule has 4 heteroatoms. The van der Waals surface area contributed by atoms with E-state index in [0.717, 1.165) is 35.8 Å². The van der Waals surface area contributed by atoms with E-state index in [9.17, 15) is 0 Å². The van der Waals surface area contributed by atoms with Gasteiger partial charge >= 0.3 is 0 Å². The zero-order chi connectivity index (χ0) is 11.7. The van der Waals surface area contributed by atoms with Gasteiger partial charge in [-0.25, -0.2) is 9.50 Å². The van der Waals surface area contributed by atoms with Gasteiger partial charge in [0.2, 0.25) is 0 Å². The van der Waals surface area contributed by atoms with Crippen molar-refractivity contribution in [3.63, 3.8) is 0 Å². The van der Waals surface area contributed by atoms with E-state index >= 15 is 0 Å². The Morgan fingerprint density at radius 1 is 1.18 bits per heavy atom. The number of hydrogen-bond acceptors (Lipinski definition) is 3. The summed E-state index contributed by atoms with van der Waals surface area (Å²) in [7, 11) is 0. The second-order valence-electron chi connectivity index (χ2n) is 4.04. The lowest BCUT2D eigenvalue weighted by molar-refractivity contribution is 0.506. The zero-order valence-corrected chi connectivity index (χ0v) is 9.63. The van der Waals surface area contributed by atoms with E-state index in [1.54, 1.807) is 6.26 Å². The Kier molecular flexibility index (Phi) is 2.40. The standard InChI is InChI=1S/C13H13N3O/c1-10-4-2-6-13-14-12(15-16(10)13)8-7-11-5-3-9-17-11/h2-6,9H,7-8H2,1H3. The van der Waals surface area contributed by atoms with Crippen molar-refractivity contribution in [3.8, 4) is 0 Å². The number of hydrogen-bond donors (Lipinski definition) is 0. The molecule has 0 fully saturated rings. The molecule has 4 nitrogen and oxygen atoms in total. The van der Waals surface area contributed by atoms with Gasteiger partial charge in [0.05, 0.1) is 6.26 Å². The Morgan fingerprint density at radius 2 is 2.12 bits per heavy atom. The third-order valence-corrected chi connectivity index (χ3v) is 2.77. The lowest BCUT2D eigenvalue weighted by Gasteiger charge is -1.94. The van der Waals surface area contributed by atoms with Crippen LogP contribution >= 0.6 is 0 Å². The van der Waals surface area contributed by atoms with Crippen molar-refractivity contribution in [1.82, 2.24) is 14.6 Å². The van der Waals surface area contributed by atoms with Gasteiger partial charge in [0, 0.05) is 18.5 Å². The molecule has 0 bridgehead atoms. The average molecular weight is 227 g/mol. The number of furan rings is 1. The van der Waals surface area contributed by atoms with Crippen molar-refractivity contribution in [2.24, 2.45) is 0 Å². The second-order valence-corrected chi connectivity index (χ2v) is 4.04. The van der Waals surface area contributed by atoms with E-state index in [0.29, 0.717) is 0 Å². The fourth-order valence-electron chi connectivity index (χ4n) is 1.88.